The summed E-state index contributed by atoms with van der Waals surface area (Å²) in [5.41, 5.74) is 0. The van der Waals surface area contributed by atoms with E-state index in [9.17, 15) is 14.4 Å². The molecule has 1 aliphatic heterocycles. The zero-order chi connectivity index (χ0) is 15.0. The highest BCUT2D eigenvalue weighted by atomic mass is 32.2. The second-order valence-corrected chi connectivity index (χ2v) is 5.59. The third kappa shape index (κ3) is 6.76. The maximum Gasteiger partial charge on any atom is 0.327 e. The van der Waals surface area contributed by atoms with Gasteiger partial charge in [0.25, 0.3) is 0 Å². The number of hydrogen-bond donors (Lipinski definition) is 3. The predicted molar refractivity (Wildman–Crippen MR) is 74.5 cm³/mol. The van der Waals surface area contributed by atoms with Crippen LogP contribution in [0.1, 0.15) is 19.8 Å². The van der Waals surface area contributed by atoms with Crippen LogP contribution in [0.25, 0.3) is 0 Å². The molecule has 1 saturated heterocycles. The standard InChI is InChI=1S/C12H20N2O5S/c1-8(15)13-10(12(17)18)6-20-7-11(16)14-9-2-4-19-5-3-9/h9-10H,2-7H2,1H3,(H,13,15)(H,14,16)(H,17,18)/t10-/m0/s1. The van der Waals surface area contributed by atoms with Gasteiger partial charge in [-0.05, 0) is 12.8 Å². The Labute approximate surface area is 121 Å². The van der Waals surface area contributed by atoms with Crippen LogP contribution < -0.4 is 10.6 Å². The number of carbonyl (C=O) groups excluding carboxylic acids is 2. The van der Waals surface area contributed by atoms with Gasteiger partial charge in [0.2, 0.25) is 11.8 Å². The number of carbonyl (C=O) groups is 3. The Morgan fingerprint density at radius 1 is 1.35 bits per heavy atom. The molecule has 0 aromatic heterocycles. The monoisotopic (exact) mass is 304 g/mol. The summed E-state index contributed by atoms with van der Waals surface area (Å²) < 4.78 is 5.20. The third-order valence-corrected chi connectivity index (χ3v) is 3.82. The van der Waals surface area contributed by atoms with Crippen LogP contribution in [0.15, 0.2) is 0 Å². The normalized spacial score (nSPS) is 17.2. The van der Waals surface area contributed by atoms with E-state index in [2.05, 4.69) is 10.6 Å². The minimum absolute atomic E-state index is 0.117. The fraction of sp³-hybridized carbons (Fsp3) is 0.750. The van der Waals surface area contributed by atoms with Crippen molar-refractivity contribution in [3.05, 3.63) is 0 Å². The minimum atomic E-state index is -1.10. The third-order valence-electron chi connectivity index (χ3n) is 2.78. The van der Waals surface area contributed by atoms with Crippen molar-refractivity contribution in [2.45, 2.75) is 31.8 Å². The summed E-state index contributed by atoms with van der Waals surface area (Å²) in [4.78, 5) is 33.4. The highest BCUT2D eigenvalue weighted by Gasteiger charge is 2.20. The van der Waals surface area contributed by atoms with Gasteiger partial charge >= 0.3 is 5.97 Å². The van der Waals surface area contributed by atoms with Gasteiger partial charge in [0, 0.05) is 31.9 Å². The van der Waals surface area contributed by atoms with Gasteiger partial charge in [0.05, 0.1) is 5.75 Å². The van der Waals surface area contributed by atoms with Gasteiger partial charge in [-0.3, -0.25) is 9.59 Å². The molecule has 1 heterocycles. The van der Waals surface area contributed by atoms with Crippen molar-refractivity contribution in [3.63, 3.8) is 0 Å². The topological polar surface area (TPSA) is 105 Å². The van der Waals surface area contributed by atoms with Crippen LogP contribution in [-0.2, 0) is 19.1 Å². The van der Waals surface area contributed by atoms with Gasteiger partial charge in [-0.2, -0.15) is 0 Å². The van der Waals surface area contributed by atoms with E-state index in [4.69, 9.17) is 9.84 Å². The van der Waals surface area contributed by atoms with Crippen LogP contribution in [-0.4, -0.2) is 59.7 Å². The number of amides is 2. The van der Waals surface area contributed by atoms with E-state index in [0.29, 0.717) is 13.2 Å². The molecule has 0 aliphatic carbocycles. The molecule has 0 unspecified atom stereocenters. The molecule has 0 spiro atoms. The lowest BCUT2D eigenvalue weighted by Gasteiger charge is -2.23. The van der Waals surface area contributed by atoms with E-state index in [1.165, 1.54) is 18.7 Å². The Kier molecular flexibility index (Phi) is 7.38. The van der Waals surface area contributed by atoms with Crippen molar-refractivity contribution >= 4 is 29.5 Å². The van der Waals surface area contributed by atoms with Gasteiger partial charge in [-0.15, -0.1) is 11.8 Å². The number of nitrogens with one attached hydrogen (secondary N) is 2. The largest absolute Gasteiger partial charge is 0.480 e. The molecule has 1 atom stereocenters. The highest BCUT2D eigenvalue weighted by Crippen LogP contribution is 2.08. The first kappa shape index (κ1) is 16.8. The number of rotatable bonds is 7. The minimum Gasteiger partial charge on any atom is -0.480 e. The summed E-state index contributed by atoms with van der Waals surface area (Å²) in [7, 11) is 0. The molecule has 0 aromatic rings. The number of hydrogen-bond acceptors (Lipinski definition) is 5. The summed E-state index contributed by atoms with van der Waals surface area (Å²) in [5, 5.41) is 14.1. The van der Waals surface area contributed by atoms with Gasteiger partial charge in [0.15, 0.2) is 0 Å². The Hall–Kier alpha value is -1.28. The quantitative estimate of drug-likeness (QED) is 0.591. The van der Waals surface area contributed by atoms with Crippen LogP contribution in [0, 0.1) is 0 Å². The lowest BCUT2D eigenvalue weighted by atomic mass is 10.1. The molecular weight excluding hydrogens is 284 g/mol. The second-order valence-electron chi connectivity index (χ2n) is 4.56. The first-order valence-electron chi connectivity index (χ1n) is 6.44. The number of carboxylic acid groups (broad SMARTS) is 1. The summed E-state index contributed by atoms with van der Waals surface area (Å²) in [6.07, 6.45) is 1.61. The summed E-state index contributed by atoms with van der Waals surface area (Å²) in [5.74, 6) is -1.27. The first-order valence-corrected chi connectivity index (χ1v) is 7.59. The van der Waals surface area contributed by atoms with Crippen LogP contribution in [0.2, 0.25) is 0 Å². The van der Waals surface area contributed by atoms with Crippen LogP contribution in [0.5, 0.6) is 0 Å². The molecule has 0 bridgehead atoms. The molecule has 2 amide bonds. The molecule has 1 aliphatic rings. The zero-order valence-corrected chi connectivity index (χ0v) is 12.2. The van der Waals surface area contributed by atoms with Gasteiger partial charge in [-0.1, -0.05) is 0 Å². The maximum absolute atomic E-state index is 11.7. The molecule has 7 nitrogen and oxygen atoms in total. The molecule has 0 radical (unpaired) electrons. The lowest BCUT2D eigenvalue weighted by molar-refractivity contribution is -0.140. The van der Waals surface area contributed by atoms with Crippen molar-refractivity contribution in [2.24, 2.45) is 0 Å². The first-order chi connectivity index (χ1) is 9.49. The summed E-state index contributed by atoms with van der Waals surface area (Å²) in [6, 6.07) is -0.823. The van der Waals surface area contributed by atoms with E-state index in [1.807, 2.05) is 0 Å². The van der Waals surface area contributed by atoms with E-state index >= 15 is 0 Å². The Morgan fingerprint density at radius 3 is 2.55 bits per heavy atom. The number of carboxylic acids is 1. The Morgan fingerprint density at radius 2 is 2.00 bits per heavy atom. The Bertz CT molecular complexity index is 358. The van der Waals surface area contributed by atoms with Crippen molar-refractivity contribution in [1.82, 2.24) is 10.6 Å². The van der Waals surface area contributed by atoms with E-state index < -0.39 is 17.9 Å². The molecule has 20 heavy (non-hydrogen) atoms. The van der Waals surface area contributed by atoms with Crippen LogP contribution in [0.4, 0.5) is 0 Å². The summed E-state index contributed by atoms with van der Waals surface area (Å²) >= 11 is 1.19. The molecule has 1 fully saturated rings. The smallest absolute Gasteiger partial charge is 0.327 e. The van der Waals surface area contributed by atoms with Crippen molar-refractivity contribution in [3.8, 4) is 0 Å². The predicted octanol–water partition coefficient (Wildman–Crippen LogP) is -0.396. The number of aliphatic carboxylic acids is 1. The second kappa shape index (κ2) is 8.80. The van der Waals surface area contributed by atoms with Crippen molar-refractivity contribution in [1.29, 1.82) is 0 Å². The van der Waals surface area contributed by atoms with Crippen LogP contribution in [0.3, 0.4) is 0 Å². The fourth-order valence-electron chi connectivity index (χ4n) is 1.80. The number of thioether (sulfide) groups is 1. The van der Waals surface area contributed by atoms with Crippen molar-refractivity contribution < 1.29 is 24.2 Å². The Balaban J connectivity index is 2.22. The lowest BCUT2D eigenvalue weighted by Crippen LogP contribution is -2.42. The van der Waals surface area contributed by atoms with Crippen molar-refractivity contribution in [2.75, 3.05) is 24.7 Å². The average Bonchev–Trinajstić information content (AvgIpc) is 2.38. The van der Waals surface area contributed by atoms with Gasteiger partial charge < -0.3 is 20.5 Å². The van der Waals surface area contributed by atoms with Crippen LogP contribution >= 0.6 is 11.8 Å². The molecule has 8 heteroatoms. The average molecular weight is 304 g/mol. The highest BCUT2D eigenvalue weighted by molar-refractivity contribution is 8.00. The van der Waals surface area contributed by atoms with Gasteiger partial charge in [0.1, 0.15) is 6.04 Å². The molecular formula is C12H20N2O5S. The maximum atomic E-state index is 11.7. The zero-order valence-electron chi connectivity index (χ0n) is 11.4. The molecule has 0 aromatic carbocycles. The molecule has 1 rings (SSSR count). The molecule has 114 valence electrons. The number of ether oxygens (including phenoxy) is 1. The SMILES string of the molecule is CC(=O)N[C@@H](CSCC(=O)NC1CCOCC1)C(=O)O. The van der Waals surface area contributed by atoms with E-state index in [0.717, 1.165) is 12.8 Å². The van der Waals surface area contributed by atoms with E-state index in [1.54, 1.807) is 0 Å². The fourth-order valence-corrected chi connectivity index (χ4v) is 2.65. The molecule has 0 saturated carbocycles. The molecule has 3 N–H and O–H groups in total. The summed E-state index contributed by atoms with van der Waals surface area (Å²) in [6.45, 7) is 2.57. The van der Waals surface area contributed by atoms with E-state index in [-0.39, 0.29) is 23.5 Å². The van der Waals surface area contributed by atoms with Gasteiger partial charge in [-0.25, -0.2) is 4.79 Å².